The van der Waals surface area contributed by atoms with E-state index in [0.29, 0.717) is 0 Å². The fraction of sp³-hybridized carbons (Fsp3) is 0.667. The monoisotopic (exact) mass is 588 g/mol. The molecule has 0 fully saturated rings. The Morgan fingerprint density at radius 1 is 0.925 bits per heavy atom. The average molecular weight is 589 g/mol. The number of amides is 1. The van der Waals surface area contributed by atoms with Crippen LogP contribution in [0.25, 0.3) is 6.08 Å². The van der Waals surface area contributed by atoms with Gasteiger partial charge in [-0.15, -0.1) is 12.6 Å². The average Bonchev–Trinajstić information content (AvgIpc) is 2.94. The second-order valence-corrected chi connectivity index (χ2v) is 12.3. The number of benzene rings is 1. The summed E-state index contributed by atoms with van der Waals surface area (Å²) in [5.41, 5.74) is 3.54. The second-order valence-electron chi connectivity index (χ2n) is 11.2. The van der Waals surface area contributed by atoms with Gasteiger partial charge in [0.1, 0.15) is 10.9 Å². The predicted octanol–water partition coefficient (Wildman–Crippen LogP) is 8.84. The molecular formula is C33H52N2O3S2. The maximum atomic E-state index is 12.4. The Labute approximate surface area is 254 Å². The Hall–Kier alpha value is -1.86. The van der Waals surface area contributed by atoms with Crippen LogP contribution in [0, 0.1) is 0 Å². The lowest BCUT2D eigenvalue weighted by atomic mass is 9.98. The Morgan fingerprint density at radius 2 is 1.48 bits per heavy atom. The second kappa shape index (κ2) is 20.9. The number of nitrogens with zero attached hydrogens (tertiary/aromatic N) is 2. The topological polar surface area (TPSA) is 60.9 Å². The molecule has 5 nitrogen and oxygen atoms in total. The number of carboxylic acid groups (broad SMARTS) is 1. The lowest BCUT2D eigenvalue weighted by molar-refractivity contribution is -0.140. The Bertz CT molecular complexity index is 934. The van der Waals surface area contributed by atoms with E-state index in [2.05, 4.69) is 36.6 Å². The predicted molar refractivity (Wildman–Crippen MR) is 176 cm³/mol. The molecule has 0 atom stereocenters. The van der Waals surface area contributed by atoms with Gasteiger partial charge in [0.05, 0.1) is 0 Å². The highest BCUT2D eigenvalue weighted by Gasteiger charge is 2.18. The largest absolute Gasteiger partial charge is 0.480 e. The van der Waals surface area contributed by atoms with Crippen LogP contribution in [0.5, 0.6) is 0 Å². The Balaban J connectivity index is 1.61. The molecule has 1 aliphatic heterocycles. The van der Waals surface area contributed by atoms with E-state index in [-0.39, 0.29) is 4.32 Å². The molecule has 1 aromatic rings. The van der Waals surface area contributed by atoms with Crippen molar-refractivity contribution in [3.63, 3.8) is 0 Å². The summed E-state index contributed by atoms with van der Waals surface area (Å²) in [6.45, 7) is 3.99. The summed E-state index contributed by atoms with van der Waals surface area (Å²) in [5.74, 6) is -1.61. The molecule has 0 saturated heterocycles. The number of unbranched alkanes of at least 4 members (excludes halogenated alkanes) is 15. The molecule has 1 aliphatic rings. The van der Waals surface area contributed by atoms with Crippen molar-refractivity contribution in [3.8, 4) is 0 Å². The van der Waals surface area contributed by atoms with Crippen molar-refractivity contribution in [3.05, 3.63) is 35.4 Å². The Morgan fingerprint density at radius 3 is 2.00 bits per heavy atom. The molecule has 1 aromatic carbocycles. The minimum absolute atomic E-state index is 0.0489. The van der Waals surface area contributed by atoms with Gasteiger partial charge in [0.25, 0.3) is 5.91 Å². The van der Waals surface area contributed by atoms with Crippen LogP contribution >= 0.6 is 24.8 Å². The van der Waals surface area contributed by atoms with Crippen molar-refractivity contribution in [2.75, 3.05) is 24.5 Å². The van der Waals surface area contributed by atoms with Crippen molar-refractivity contribution in [1.29, 1.82) is 0 Å². The summed E-state index contributed by atoms with van der Waals surface area (Å²) in [5, 5.41) is 9.00. The minimum Gasteiger partial charge on any atom is -0.480 e. The molecule has 1 N–H and O–H groups in total. The molecule has 0 aliphatic carbocycles. The molecule has 40 heavy (non-hydrogen) atoms. The summed E-state index contributed by atoms with van der Waals surface area (Å²) in [7, 11) is 0. The van der Waals surface area contributed by atoms with Crippen LogP contribution in [0.2, 0.25) is 0 Å². The highest BCUT2D eigenvalue weighted by molar-refractivity contribution is 8.11. The van der Waals surface area contributed by atoms with E-state index >= 15 is 0 Å². The van der Waals surface area contributed by atoms with Crippen molar-refractivity contribution in [1.82, 2.24) is 4.90 Å². The van der Waals surface area contributed by atoms with Crippen molar-refractivity contribution in [2.24, 2.45) is 0 Å². The number of carbonyl (C=O) groups excluding carboxylic acids is 1. The summed E-state index contributed by atoms with van der Waals surface area (Å²) < 4.78 is -0.0489. The molecule has 0 unspecified atom stereocenters. The standard InChI is InChI=1S/C33H52N2O3S2/c1-2-3-4-5-6-7-8-9-10-11-12-13-14-15-16-17-24-34-25-18-19-29-26-28(20-22-30(29)34)21-23-31(36)35(33(39)40)27-32(37)38/h20-23,26H,2-19,24-25,27H2,1H3,(H,37,38)(H,39,40)/b23-21+. The van der Waals surface area contributed by atoms with Crippen LogP contribution in [-0.4, -0.2) is 45.8 Å². The molecule has 224 valence electrons. The van der Waals surface area contributed by atoms with Gasteiger partial charge in [0.15, 0.2) is 0 Å². The first-order valence-corrected chi connectivity index (χ1v) is 16.6. The minimum atomic E-state index is -1.13. The molecule has 1 heterocycles. The highest BCUT2D eigenvalue weighted by atomic mass is 32.1. The van der Waals surface area contributed by atoms with Gasteiger partial charge in [-0.05, 0) is 48.6 Å². The number of hydrogen-bond acceptors (Lipinski definition) is 4. The Kier molecular flexibility index (Phi) is 18.0. The van der Waals surface area contributed by atoms with E-state index < -0.39 is 18.4 Å². The smallest absolute Gasteiger partial charge is 0.323 e. The van der Waals surface area contributed by atoms with Gasteiger partial charge in [-0.2, -0.15) is 0 Å². The maximum absolute atomic E-state index is 12.4. The molecule has 0 bridgehead atoms. The van der Waals surface area contributed by atoms with E-state index in [1.165, 1.54) is 120 Å². The van der Waals surface area contributed by atoms with Crippen LogP contribution in [0.3, 0.4) is 0 Å². The van der Waals surface area contributed by atoms with Gasteiger partial charge in [-0.1, -0.05) is 122 Å². The number of thiol groups is 1. The summed E-state index contributed by atoms with van der Waals surface area (Å²) in [6.07, 6.45) is 27.5. The van der Waals surface area contributed by atoms with Crippen molar-refractivity contribution >= 4 is 52.8 Å². The van der Waals surface area contributed by atoms with E-state index in [4.69, 9.17) is 17.3 Å². The number of carbonyl (C=O) groups is 2. The quantitative estimate of drug-likeness (QED) is 0.0650. The zero-order valence-corrected chi connectivity index (χ0v) is 26.5. The number of anilines is 1. The molecule has 0 radical (unpaired) electrons. The molecule has 2 rings (SSSR count). The van der Waals surface area contributed by atoms with Crippen LogP contribution in [-0.2, 0) is 16.0 Å². The fourth-order valence-corrected chi connectivity index (χ4v) is 5.84. The number of hydrogen-bond donors (Lipinski definition) is 2. The number of rotatable bonds is 21. The molecule has 0 aromatic heterocycles. The van der Waals surface area contributed by atoms with Crippen LogP contribution < -0.4 is 4.90 Å². The van der Waals surface area contributed by atoms with E-state index in [0.717, 1.165) is 36.4 Å². The van der Waals surface area contributed by atoms with E-state index in [1.807, 2.05) is 6.07 Å². The third-order valence-electron chi connectivity index (χ3n) is 7.81. The summed E-state index contributed by atoms with van der Waals surface area (Å²) in [6, 6.07) is 6.32. The number of aliphatic carboxylic acids is 1. The van der Waals surface area contributed by atoms with Crippen LogP contribution in [0.4, 0.5) is 5.69 Å². The van der Waals surface area contributed by atoms with Gasteiger partial charge in [0.2, 0.25) is 0 Å². The number of fused-ring (bicyclic) bond motifs is 1. The van der Waals surface area contributed by atoms with Crippen LogP contribution in [0.1, 0.15) is 127 Å². The number of thiocarbonyl (C=S) groups is 1. The lowest BCUT2D eigenvalue weighted by Crippen LogP contribution is -2.36. The van der Waals surface area contributed by atoms with Crippen molar-refractivity contribution in [2.45, 2.75) is 122 Å². The first-order valence-electron chi connectivity index (χ1n) is 15.7. The first-order chi connectivity index (χ1) is 19.4. The molecule has 0 saturated carbocycles. The van der Waals surface area contributed by atoms with Gasteiger partial charge in [0, 0.05) is 24.9 Å². The van der Waals surface area contributed by atoms with Crippen LogP contribution in [0.15, 0.2) is 24.3 Å². The van der Waals surface area contributed by atoms with E-state index in [9.17, 15) is 9.59 Å². The SMILES string of the molecule is CCCCCCCCCCCCCCCCCCN1CCCc2cc(/C=C/C(=O)N(CC(=O)O)C(=S)S)ccc21. The summed E-state index contributed by atoms with van der Waals surface area (Å²) >= 11 is 8.88. The van der Waals surface area contributed by atoms with Gasteiger partial charge >= 0.3 is 5.97 Å². The summed E-state index contributed by atoms with van der Waals surface area (Å²) in [4.78, 5) is 26.9. The van der Waals surface area contributed by atoms with Gasteiger partial charge in [-0.3, -0.25) is 14.5 Å². The van der Waals surface area contributed by atoms with E-state index in [1.54, 1.807) is 6.08 Å². The fourth-order valence-electron chi connectivity index (χ4n) is 5.51. The number of carboxylic acids is 1. The maximum Gasteiger partial charge on any atom is 0.323 e. The number of aryl methyl sites for hydroxylation is 1. The third kappa shape index (κ3) is 14.2. The molecule has 0 spiro atoms. The zero-order chi connectivity index (χ0) is 29.0. The molecule has 7 heteroatoms. The molecular weight excluding hydrogens is 537 g/mol. The zero-order valence-electron chi connectivity index (χ0n) is 24.7. The van der Waals surface area contributed by atoms with Gasteiger partial charge in [-0.25, -0.2) is 0 Å². The lowest BCUT2D eigenvalue weighted by Gasteiger charge is -2.31. The first kappa shape index (κ1) is 34.3. The normalized spacial score (nSPS) is 13.0. The highest BCUT2D eigenvalue weighted by Crippen LogP contribution is 2.29. The molecule has 1 amide bonds. The third-order valence-corrected chi connectivity index (χ3v) is 8.27. The van der Waals surface area contributed by atoms with Gasteiger partial charge < -0.3 is 10.0 Å². The van der Waals surface area contributed by atoms with Crippen molar-refractivity contribution < 1.29 is 14.7 Å².